The molecule has 0 aliphatic rings. The molecule has 1 amide bonds. The Morgan fingerprint density at radius 3 is 1.69 bits per heavy atom. The van der Waals surface area contributed by atoms with E-state index in [1.165, 1.54) is 4.90 Å². The molecule has 2 aromatic heterocycles. The summed E-state index contributed by atoms with van der Waals surface area (Å²) >= 11 is 0. The molecule has 10 heteroatoms. The van der Waals surface area contributed by atoms with E-state index in [0.29, 0.717) is 11.4 Å². The molecule has 0 radical (unpaired) electrons. The largest absolute Gasteiger partial charge is 0.327 e. The highest BCUT2D eigenvalue weighted by atomic mass is 16.6. The van der Waals surface area contributed by atoms with Gasteiger partial charge in [0.15, 0.2) is 0 Å². The van der Waals surface area contributed by atoms with Gasteiger partial charge in [0.05, 0.1) is 46.0 Å². The third kappa shape index (κ3) is 4.95. The molecule has 10 nitrogen and oxygen atoms in total. The predicted octanol–water partition coefficient (Wildman–Crippen LogP) is 3.14. The number of nitro benzene ring substituents is 2. The van der Waals surface area contributed by atoms with Gasteiger partial charge in [0.25, 0.3) is 17.3 Å². The average molecular weight is 393 g/mol. The highest BCUT2D eigenvalue weighted by molar-refractivity contribution is 5.95. The number of carbonyl (C=O) groups is 1. The average Bonchev–Trinajstić information content (AvgIpc) is 2.74. The topological polar surface area (TPSA) is 132 Å². The Kier molecular flexibility index (Phi) is 5.83. The Morgan fingerprint density at radius 1 is 0.828 bits per heavy atom. The monoisotopic (exact) mass is 393 g/mol. The number of benzene rings is 1. The summed E-state index contributed by atoms with van der Waals surface area (Å²) in [5, 5.41) is 22.3. The second-order valence-corrected chi connectivity index (χ2v) is 6.06. The van der Waals surface area contributed by atoms with E-state index in [1.807, 2.05) is 0 Å². The third-order valence-corrected chi connectivity index (χ3v) is 4.02. The summed E-state index contributed by atoms with van der Waals surface area (Å²) < 4.78 is 0. The molecule has 146 valence electrons. The second-order valence-electron chi connectivity index (χ2n) is 6.06. The van der Waals surface area contributed by atoms with Crippen molar-refractivity contribution in [2.45, 2.75) is 13.1 Å². The second kappa shape index (κ2) is 8.65. The van der Waals surface area contributed by atoms with Gasteiger partial charge in [-0.05, 0) is 24.3 Å². The van der Waals surface area contributed by atoms with Crippen LogP contribution in [0.5, 0.6) is 0 Å². The smallest absolute Gasteiger partial charge is 0.277 e. The van der Waals surface area contributed by atoms with Gasteiger partial charge in [-0.1, -0.05) is 12.1 Å². The van der Waals surface area contributed by atoms with Gasteiger partial charge in [0.2, 0.25) is 0 Å². The van der Waals surface area contributed by atoms with Crippen LogP contribution < -0.4 is 0 Å². The van der Waals surface area contributed by atoms with Crippen LogP contribution in [-0.2, 0) is 13.1 Å². The number of hydrogen-bond acceptors (Lipinski definition) is 7. The van der Waals surface area contributed by atoms with Crippen molar-refractivity contribution in [3.05, 3.63) is 104 Å². The lowest BCUT2D eigenvalue weighted by molar-refractivity contribution is -0.394. The van der Waals surface area contributed by atoms with Crippen molar-refractivity contribution >= 4 is 17.3 Å². The minimum atomic E-state index is -0.772. The van der Waals surface area contributed by atoms with E-state index in [4.69, 9.17) is 0 Å². The predicted molar refractivity (Wildman–Crippen MR) is 102 cm³/mol. The van der Waals surface area contributed by atoms with Crippen molar-refractivity contribution in [1.29, 1.82) is 0 Å². The first-order valence-electron chi connectivity index (χ1n) is 8.47. The van der Waals surface area contributed by atoms with Crippen LogP contribution in [0.2, 0.25) is 0 Å². The quantitative estimate of drug-likeness (QED) is 0.445. The Balaban J connectivity index is 1.99. The fraction of sp³-hybridized carbons (Fsp3) is 0.105. The summed E-state index contributed by atoms with van der Waals surface area (Å²) in [6, 6.07) is 13.3. The Labute approximate surface area is 164 Å². The minimum absolute atomic E-state index is 0.104. The molecule has 0 saturated carbocycles. The normalized spacial score (nSPS) is 10.3. The summed E-state index contributed by atoms with van der Waals surface area (Å²) in [5.41, 5.74) is -0.0254. The molecule has 3 aromatic rings. The fourth-order valence-electron chi connectivity index (χ4n) is 2.69. The summed E-state index contributed by atoms with van der Waals surface area (Å²) in [4.78, 5) is 43.6. The molecular formula is C19H15N5O5. The van der Waals surface area contributed by atoms with Gasteiger partial charge < -0.3 is 4.90 Å². The maximum Gasteiger partial charge on any atom is 0.277 e. The van der Waals surface area contributed by atoms with Crippen LogP contribution in [-0.4, -0.2) is 30.6 Å². The first kappa shape index (κ1) is 19.5. The van der Waals surface area contributed by atoms with Crippen LogP contribution in [0.25, 0.3) is 0 Å². The molecule has 0 aliphatic heterocycles. The van der Waals surface area contributed by atoms with Gasteiger partial charge in [0, 0.05) is 24.5 Å². The highest BCUT2D eigenvalue weighted by Crippen LogP contribution is 2.24. The zero-order valence-electron chi connectivity index (χ0n) is 15.0. The van der Waals surface area contributed by atoms with E-state index in [9.17, 15) is 25.0 Å². The van der Waals surface area contributed by atoms with Gasteiger partial charge >= 0.3 is 0 Å². The molecule has 0 aliphatic carbocycles. The molecule has 1 aromatic carbocycles. The molecule has 0 saturated heterocycles. The van der Waals surface area contributed by atoms with Crippen molar-refractivity contribution in [2.24, 2.45) is 0 Å². The molecule has 3 rings (SSSR count). The van der Waals surface area contributed by atoms with Crippen LogP contribution >= 0.6 is 0 Å². The highest BCUT2D eigenvalue weighted by Gasteiger charge is 2.24. The molecule has 2 heterocycles. The third-order valence-electron chi connectivity index (χ3n) is 4.02. The van der Waals surface area contributed by atoms with Crippen LogP contribution in [0.15, 0.2) is 67.0 Å². The summed E-state index contributed by atoms with van der Waals surface area (Å²) in [6.07, 6.45) is 3.16. The molecule has 0 N–H and O–H groups in total. The minimum Gasteiger partial charge on any atom is -0.327 e. The maximum absolute atomic E-state index is 13.1. The molecule has 0 fully saturated rings. The molecular weight excluding hydrogens is 378 g/mol. The number of pyridine rings is 2. The molecule has 0 spiro atoms. The standard InChI is InChI=1S/C19H15N5O5/c25-19(14-9-17(23(26)27)11-18(10-14)24(28)29)22(12-15-5-1-3-7-20-15)13-16-6-2-4-8-21-16/h1-11H,12-13H2. The number of nitro groups is 2. The Bertz CT molecular complexity index is 970. The van der Waals surface area contributed by atoms with Gasteiger partial charge in [-0.2, -0.15) is 0 Å². The van der Waals surface area contributed by atoms with Crippen molar-refractivity contribution in [2.75, 3.05) is 0 Å². The number of hydrogen-bond donors (Lipinski definition) is 0. The van der Waals surface area contributed by atoms with Crippen LogP contribution in [0.1, 0.15) is 21.7 Å². The van der Waals surface area contributed by atoms with E-state index < -0.39 is 27.1 Å². The molecule has 0 bridgehead atoms. The van der Waals surface area contributed by atoms with E-state index in [2.05, 4.69) is 9.97 Å². The summed E-state index contributed by atoms with van der Waals surface area (Å²) in [5.74, 6) is -0.604. The summed E-state index contributed by atoms with van der Waals surface area (Å²) in [7, 11) is 0. The number of carbonyl (C=O) groups excluding carboxylic acids is 1. The number of rotatable bonds is 7. The van der Waals surface area contributed by atoms with Gasteiger partial charge in [-0.3, -0.25) is 35.0 Å². The number of non-ortho nitro benzene ring substituents is 2. The first-order valence-corrected chi connectivity index (χ1v) is 8.47. The van der Waals surface area contributed by atoms with Crippen LogP contribution in [0, 0.1) is 20.2 Å². The number of aromatic nitrogens is 2. The fourth-order valence-corrected chi connectivity index (χ4v) is 2.69. The SMILES string of the molecule is O=C(c1cc([N+](=O)[O-])cc([N+](=O)[O-])c1)N(Cc1ccccn1)Cc1ccccn1. The van der Waals surface area contributed by atoms with Crippen LogP contribution in [0.3, 0.4) is 0 Å². The summed E-state index contributed by atoms with van der Waals surface area (Å²) in [6.45, 7) is 0.208. The zero-order valence-corrected chi connectivity index (χ0v) is 15.0. The Morgan fingerprint density at radius 2 is 1.31 bits per heavy atom. The lowest BCUT2D eigenvalue weighted by atomic mass is 10.1. The molecule has 0 unspecified atom stereocenters. The van der Waals surface area contributed by atoms with Crippen molar-refractivity contribution in [3.63, 3.8) is 0 Å². The molecule has 0 atom stereocenters. The van der Waals surface area contributed by atoms with Gasteiger partial charge in [-0.25, -0.2) is 0 Å². The van der Waals surface area contributed by atoms with E-state index in [0.717, 1.165) is 18.2 Å². The van der Waals surface area contributed by atoms with Gasteiger partial charge in [-0.15, -0.1) is 0 Å². The number of nitrogens with zero attached hydrogens (tertiary/aromatic N) is 5. The lowest BCUT2D eigenvalue weighted by Crippen LogP contribution is -2.31. The van der Waals surface area contributed by atoms with E-state index >= 15 is 0 Å². The van der Waals surface area contributed by atoms with Crippen molar-refractivity contribution in [3.8, 4) is 0 Å². The maximum atomic E-state index is 13.1. The molecule has 29 heavy (non-hydrogen) atoms. The first-order chi connectivity index (χ1) is 13.9. The van der Waals surface area contributed by atoms with Gasteiger partial charge in [0.1, 0.15) is 0 Å². The van der Waals surface area contributed by atoms with Crippen molar-refractivity contribution in [1.82, 2.24) is 14.9 Å². The van der Waals surface area contributed by atoms with E-state index in [1.54, 1.807) is 48.8 Å². The number of amides is 1. The lowest BCUT2D eigenvalue weighted by Gasteiger charge is -2.22. The van der Waals surface area contributed by atoms with Crippen LogP contribution in [0.4, 0.5) is 11.4 Å². The zero-order chi connectivity index (χ0) is 20.8. The van der Waals surface area contributed by atoms with E-state index in [-0.39, 0.29) is 18.7 Å². The van der Waals surface area contributed by atoms with Crippen molar-refractivity contribution < 1.29 is 14.6 Å². The Hall–Kier alpha value is -4.21.